The summed E-state index contributed by atoms with van der Waals surface area (Å²) in [6.45, 7) is 3.78. The monoisotopic (exact) mass is 281 g/mol. The number of alkyl halides is 1. The first kappa shape index (κ1) is 12.1. The van der Waals surface area contributed by atoms with E-state index in [4.69, 9.17) is 0 Å². The summed E-state index contributed by atoms with van der Waals surface area (Å²) in [5.41, 5.74) is 1.46. The minimum Gasteiger partial charge on any atom is -0.303 e. The van der Waals surface area contributed by atoms with Crippen molar-refractivity contribution in [2.75, 3.05) is 25.0 Å². The normalized spacial score (nSPS) is 22.2. The van der Waals surface area contributed by atoms with Gasteiger partial charge in [0.1, 0.15) is 0 Å². The van der Waals surface area contributed by atoms with E-state index >= 15 is 0 Å². The number of hydrogen-bond donors (Lipinski definition) is 0. The van der Waals surface area contributed by atoms with Crippen molar-refractivity contribution in [1.29, 1.82) is 0 Å². The second-order valence-electron chi connectivity index (χ2n) is 4.70. The number of rotatable bonds is 4. The number of piperidine rings is 1. The maximum absolute atomic E-state index is 3.61. The van der Waals surface area contributed by atoms with E-state index in [0.717, 1.165) is 11.2 Å². The molecule has 0 amide bonds. The number of halogens is 1. The van der Waals surface area contributed by atoms with Gasteiger partial charge in [-0.05, 0) is 37.3 Å². The second-order valence-corrected chi connectivity index (χ2v) is 5.35. The van der Waals surface area contributed by atoms with E-state index in [1.165, 1.54) is 44.5 Å². The molecule has 1 saturated heterocycles. The van der Waals surface area contributed by atoms with Gasteiger partial charge in [0, 0.05) is 18.4 Å². The van der Waals surface area contributed by atoms with Gasteiger partial charge in [0.15, 0.2) is 0 Å². The SMILES string of the molecule is BrCC1CCCN(CCc2ccccc2)C1. The fourth-order valence-corrected chi connectivity index (χ4v) is 2.94. The molecule has 1 aromatic rings. The molecule has 1 atom stereocenters. The first-order valence-electron chi connectivity index (χ1n) is 6.20. The van der Waals surface area contributed by atoms with Crippen molar-refractivity contribution in [1.82, 2.24) is 4.90 Å². The largest absolute Gasteiger partial charge is 0.303 e. The summed E-state index contributed by atoms with van der Waals surface area (Å²) in [7, 11) is 0. The van der Waals surface area contributed by atoms with Gasteiger partial charge in [0.25, 0.3) is 0 Å². The van der Waals surface area contributed by atoms with Crippen LogP contribution in [0, 0.1) is 5.92 Å². The molecule has 1 aliphatic heterocycles. The van der Waals surface area contributed by atoms with Crippen LogP contribution in [0.2, 0.25) is 0 Å². The van der Waals surface area contributed by atoms with Crippen LogP contribution >= 0.6 is 15.9 Å². The lowest BCUT2D eigenvalue weighted by Crippen LogP contribution is -2.37. The van der Waals surface area contributed by atoms with Crippen LogP contribution < -0.4 is 0 Å². The lowest BCUT2D eigenvalue weighted by Gasteiger charge is -2.31. The summed E-state index contributed by atoms with van der Waals surface area (Å²) in [6, 6.07) is 10.8. The van der Waals surface area contributed by atoms with Crippen molar-refractivity contribution in [3.05, 3.63) is 35.9 Å². The van der Waals surface area contributed by atoms with Crippen molar-refractivity contribution < 1.29 is 0 Å². The summed E-state index contributed by atoms with van der Waals surface area (Å²) in [6.07, 6.45) is 3.95. The van der Waals surface area contributed by atoms with Crippen LogP contribution in [0.4, 0.5) is 0 Å². The predicted octanol–water partition coefficient (Wildman–Crippen LogP) is 3.34. The van der Waals surface area contributed by atoms with Gasteiger partial charge in [-0.3, -0.25) is 0 Å². The predicted molar refractivity (Wildman–Crippen MR) is 73.1 cm³/mol. The van der Waals surface area contributed by atoms with Crippen LogP contribution in [0.1, 0.15) is 18.4 Å². The highest BCUT2D eigenvalue weighted by Gasteiger charge is 2.18. The van der Waals surface area contributed by atoms with Crippen LogP contribution in [0.15, 0.2) is 30.3 Å². The van der Waals surface area contributed by atoms with Gasteiger partial charge in [-0.1, -0.05) is 46.3 Å². The van der Waals surface area contributed by atoms with Gasteiger partial charge in [-0.25, -0.2) is 0 Å². The number of benzene rings is 1. The number of hydrogen-bond acceptors (Lipinski definition) is 1. The summed E-state index contributed by atoms with van der Waals surface area (Å²) >= 11 is 3.61. The lowest BCUT2D eigenvalue weighted by atomic mass is 10.00. The molecule has 0 bridgehead atoms. The smallest absolute Gasteiger partial charge is 0.00718 e. The Morgan fingerprint density at radius 1 is 1.25 bits per heavy atom. The minimum absolute atomic E-state index is 0.865. The third kappa shape index (κ3) is 3.60. The molecule has 0 aromatic heterocycles. The van der Waals surface area contributed by atoms with Crippen molar-refractivity contribution in [2.45, 2.75) is 19.3 Å². The van der Waals surface area contributed by atoms with Gasteiger partial charge in [0.2, 0.25) is 0 Å². The van der Waals surface area contributed by atoms with Crippen LogP contribution in [0.3, 0.4) is 0 Å². The van der Waals surface area contributed by atoms with E-state index in [-0.39, 0.29) is 0 Å². The van der Waals surface area contributed by atoms with E-state index < -0.39 is 0 Å². The lowest BCUT2D eigenvalue weighted by molar-refractivity contribution is 0.189. The summed E-state index contributed by atoms with van der Waals surface area (Å²) < 4.78 is 0. The van der Waals surface area contributed by atoms with Crippen LogP contribution in [0.25, 0.3) is 0 Å². The van der Waals surface area contributed by atoms with E-state index in [2.05, 4.69) is 51.2 Å². The molecule has 0 radical (unpaired) electrons. The molecular weight excluding hydrogens is 262 g/mol. The van der Waals surface area contributed by atoms with Crippen molar-refractivity contribution >= 4 is 15.9 Å². The molecule has 1 aromatic carbocycles. The first-order valence-corrected chi connectivity index (χ1v) is 7.33. The molecule has 0 saturated carbocycles. The van der Waals surface area contributed by atoms with E-state index in [9.17, 15) is 0 Å². The Morgan fingerprint density at radius 2 is 2.06 bits per heavy atom. The third-order valence-corrected chi connectivity index (χ3v) is 4.30. The Hall–Kier alpha value is -0.340. The number of likely N-dealkylation sites (tertiary alicyclic amines) is 1. The van der Waals surface area contributed by atoms with Gasteiger partial charge in [-0.15, -0.1) is 0 Å². The molecule has 0 aliphatic carbocycles. The second kappa shape index (κ2) is 6.41. The first-order chi connectivity index (χ1) is 7.88. The molecule has 2 heteroatoms. The van der Waals surface area contributed by atoms with Gasteiger partial charge in [0.05, 0.1) is 0 Å². The summed E-state index contributed by atoms with van der Waals surface area (Å²) in [5.74, 6) is 0.865. The van der Waals surface area contributed by atoms with Crippen molar-refractivity contribution in [3.63, 3.8) is 0 Å². The molecule has 16 heavy (non-hydrogen) atoms. The Labute approximate surface area is 107 Å². The fraction of sp³-hybridized carbons (Fsp3) is 0.571. The van der Waals surface area contributed by atoms with Gasteiger partial charge < -0.3 is 4.90 Å². The van der Waals surface area contributed by atoms with Crippen LogP contribution in [-0.4, -0.2) is 29.9 Å². The third-order valence-electron chi connectivity index (χ3n) is 3.38. The molecule has 1 fully saturated rings. The standard InChI is InChI=1S/C14H20BrN/c15-11-14-7-4-9-16(12-14)10-8-13-5-2-1-3-6-13/h1-3,5-6,14H,4,7-12H2. The maximum Gasteiger partial charge on any atom is 0.00718 e. The van der Waals surface area contributed by atoms with E-state index in [1.807, 2.05) is 0 Å². The summed E-state index contributed by atoms with van der Waals surface area (Å²) in [4.78, 5) is 2.61. The van der Waals surface area contributed by atoms with E-state index in [1.54, 1.807) is 0 Å². The molecule has 1 unspecified atom stereocenters. The molecule has 2 rings (SSSR count). The topological polar surface area (TPSA) is 3.24 Å². The van der Waals surface area contributed by atoms with Crippen molar-refractivity contribution in [3.8, 4) is 0 Å². The Balaban J connectivity index is 1.77. The number of nitrogens with zero attached hydrogens (tertiary/aromatic N) is 1. The average molecular weight is 282 g/mol. The van der Waals surface area contributed by atoms with E-state index in [0.29, 0.717) is 0 Å². The quantitative estimate of drug-likeness (QED) is 0.766. The molecule has 0 N–H and O–H groups in total. The fourth-order valence-electron chi connectivity index (χ4n) is 2.41. The molecule has 0 spiro atoms. The Morgan fingerprint density at radius 3 is 2.81 bits per heavy atom. The zero-order chi connectivity index (χ0) is 11.2. The molecule has 1 aliphatic rings. The molecular formula is C14H20BrN. The molecule has 1 nitrogen and oxygen atoms in total. The highest BCUT2D eigenvalue weighted by Crippen LogP contribution is 2.18. The zero-order valence-corrected chi connectivity index (χ0v) is 11.3. The summed E-state index contributed by atoms with van der Waals surface area (Å²) in [5, 5.41) is 1.16. The Kier molecular flexibility index (Phi) is 4.86. The van der Waals surface area contributed by atoms with Gasteiger partial charge in [-0.2, -0.15) is 0 Å². The molecule has 88 valence electrons. The minimum atomic E-state index is 0.865. The van der Waals surface area contributed by atoms with Crippen LogP contribution in [-0.2, 0) is 6.42 Å². The van der Waals surface area contributed by atoms with Crippen molar-refractivity contribution in [2.24, 2.45) is 5.92 Å². The van der Waals surface area contributed by atoms with Gasteiger partial charge >= 0.3 is 0 Å². The average Bonchev–Trinajstić information content (AvgIpc) is 2.38. The highest BCUT2D eigenvalue weighted by molar-refractivity contribution is 9.09. The Bertz CT molecular complexity index is 299. The maximum atomic E-state index is 3.61. The van der Waals surface area contributed by atoms with Crippen LogP contribution in [0.5, 0.6) is 0 Å². The molecule has 1 heterocycles. The zero-order valence-electron chi connectivity index (χ0n) is 9.74. The highest BCUT2D eigenvalue weighted by atomic mass is 79.9.